The first-order chi connectivity index (χ1) is 9.70. The van der Waals surface area contributed by atoms with E-state index in [1.807, 2.05) is 24.0 Å². The van der Waals surface area contributed by atoms with E-state index in [1.54, 1.807) is 6.20 Å². The number of amides is 1. The molecule has 0 radical (unpaired) electrons. The van der Waals surface area contributed by atoms with Gasteiger partial charge in [0.05, 0.1) is 12.1 Å². The molecule has 0 aromatic carbocycles. The van der Waals surface area contributed by atoms with E-state index >= 15 is 0 Å². The molecule has 1 N–H and O–H groups in total. The molecular weight excluding hydrogens is 250 g/mol. The van der Waals surface area contributed by atoms with E-state index in [0.717, 1.165) is 56.2 Å². The van der Waals surface area contributed by atoms with Crippen LogP contribution in [0, 0.1) is 12.8 Å². The van der Waals surface area contributed by atoms with Gasteiger partial charge in [0.1, 0.15) is 0 Å². The van der Waals surface area contributed by atoms with Crippen molar-refractivity contribution in [2.45, 2.75) is 33.1 Å². The Morgan fingerprint density at radius 1 is 1.45 bits per heavy atom. The summed E-state index contributed by atoms with van der Waals surface area (Å²) in [6.07, 6.45) is 4.42. The molecule has 0 bridgehead atoms. The topological polar surface area (TPSA) is 45.2 Å². The quantitative estimate of drug-likeness (QED) is 0.891. The second kappa shape index (κ2) is 7.39. The van der Waals surface area contributed by atoms with Crippen molar-refractivity contribution in [3.05, 3.63) is 29.6 Å². The highest BCUT2D eigenvalue weighted by Gasteiger charge is 2.22. The molecule has 1 aromatic rings. The van der Waals surface area contributed by atoms with Crippen molar-refractivity contribution < 1.29 is 4.79 Å². The average Bonchev–Trinajstić information content (AvgIpc) is 2.48. The number of nitrogens with one attached hydrogen (secondary N) is 1. The van der Waals surface area contributed by atoms with E-state index in [2.05, 4.69) is 17.2 Å². The molecule has 2 heterocycles. The van der Waals surface area contributed by atoms with Gasteiger partial charge >= 0.3 is 0 Å². The largest absolute Gasteiger partial charge is 0.342 e. The lowest BCUT2D eigenvalue weighted by atomic mass is 9.96. The molecule has 2 rings (SSSR count). The van der Waals surface area contributed by atoms with Crippen LogP contribution in [-0.2, 0) is 11.2 Å². The van der Waals surface area contributed by atoms with Crippen LogP contribution in [-0.4, -0.2) is 42.0 Å². The van der Waals surface area contributed by atoms with E-state index in [0.29, 0.717) is 6.42 Å². The highest BCUT2D eigenvalue weighted by atomic mass is 16.2. The van der Waals surface area contributed by atoms with Crippen molar-refractivity contribution in [1.82, 2.24) is 15.2 Å². The van der Waals surface area contributed by atoms with E-state index in [-0.39, 0.29) is 5.91 Å². The minimum atomic E-state index is 0.216. The van der Waals surface area contributed by atoms with Crippen LogP contribution in [0.5, 0.6) is 0 Å². The zero-order valence-electron chi connectivity index (χ0n) is 12.6. The minimum absolute atomic E-state index is 0.216. The molecule has 0 unspecified atom stereocenters. The Kier molecular flexibility index (Phi) is 5.53. The van der Waals surface area contributed by atoms with Gasteiger partial charge in [-0.2, -0.15) is 0 Å². The van der Waals surface area contributed by atoms with Gasteiger partial charge in [-0.3, -0.25) is 9.78 Å². The lowest BCUT2D eigenvalue weighted by molar-refractivity contribution is -0.131. The zero-order valence-corrected chi connectivity index (χ0v) is 12.6. The SMILES string of the molecule is CCNCC1CCN(C(=O)Cc2ncccc2C)CC1. The summed E-state index contributed by atoms with van der Waals surface area (Å²) in [5, 5.41) is 3.40. The normalized spacial score (nSPS) is 16.4. The van der Waals surface area contributed by atoms with E-state index in [4.69, 9.17) is 0 Å². The van der Waals surface area contributed by atoms with E-state index in [9.17, 15) is 4.79 Å². The third kappa shape index (κ3) is 4.04. The molecule has 0 saturated carbocycles. The monoisotopic (exact) mass is 275 g/mol. The van der Waals surface area contributed by atoms with Crippen LogP contribution in [0.25, 0.3) is 0 Å². The summed E-state index contributed by atoms with van der Waals surface area (Å²) >= 11 is 0. The van der Waals surface area contributed by atoms with Crippen LogP contribution in [0.1, 0.15) is 31.0 Å². The van der Waals surface area contributed by atoms with Crippen molar-refractivity contribution >= 4 is 5.91 Å². The fraction of sp³-hybridized carbons (Fsp3) is 0.625. The van der Waals surface area contributed by atoms with Gasteiger partial charge in [0.25, 0.3) is 0 Å². The third-order valence-corrected chi connectivity index (χ3v) is 4.09. The van der Waals surface area contributed by atoms with E-state index < -0.39 is 0 Å². The Labute approximate surface area is 121 Å². The van der Waals surface area contributed by atoms with Gasteiger partial charge in [-0.25, -0.2) is 0 Å². The third-order valence-electron chi connectivity index (χ3n) is 4.09. The number of nitrogens with zero attached hydrogens (tertiary/aromatic N) is 2. The number of hydrogen-bond donors (Lipinski definition) is 1. The van der Waals surface area contributed by atoms with Crippen LogP contribution in [0.4, 0.5) is 0 Å². The average molecular weight is 275 g/mol. The number of carbonyl (C=O) groups excluding carboxylic acids is 1. The second-order valence-electron chi connectivity index (χ2n) is 5.58. The van der Waals surface area contributed by atoms with Crippen molar-refractivity contribution in [2.75, 3.05) is 26.2 Å². The Hall–Kier alpha value is -1.42. The van der Waals surface area contributed by atoms with Gasteiger partial charge in [-0.1, -0.05) is 13.0 Å². The maximum Gasteiger partial charge on any atom is 0.228 e. The van der Waals surface area contributed by atoms with Crippen molar-refractivity contribution in [3.63, 3.8) is 0 Å². The first kappa shape index (κ1) is 15.0. The summed E-state index contributed by atoms with van der Waals surface area (Å²) in [5.74, 6) is 0.935. The Morgan fingerprint density at radius 2 is 2.20 bits per heavy atom. The molecule has 0 spiro atoms. The van der Waals surface area contributed by atoms with Gasteiger partial charge in [-0.05, 0) is 50.4 Å². The first-order valence-electron chi connectivity index (χ1n) is 7.59. The fourth-order valence-electron chi connectivity index (χ4n) is 2.69. The number of likely N-dealkylation sites (tertiary alicyclic amines) is 1. The lowest BCUT2D eigenvalue weighted by Crippen LogP contribution is -2.41. The second-order valence-corrected chi connectivity index (χ2v) is 5.58. The summed E-state index contributed by atoms with van der Waals surface area (Å²) in [6, 6.07) is 3.92. The zero-order chi connectivity index (χ0) is 14.4. The molecule has 0 aliphatic carbocycles. The standard InChI is InChI=1S/C16H25N3O/c1-3-17-12-14-6-9-19(10-7-14)16(20)11-15-13(2)5-4-8-18-15/h4-5,8,14,17H,3,6-7,9-12H2,1-2H3. The van der Waals surface area contributed by atoms with Gasteiger partial charge in [-0.15, -0.1) is 0 Å². The number of hydrogen-bond acceptors (Lipinski definition) is 3. The number of piperidine rings is 1. The summed E-state index contributed by atoms with van der Waals surface area (Å²) in [6.45, 7) is 8.03. The van der Waals surface area contributed by atoms with Gasteiger partial charge in [0.15, 0.2) is 0 Å². The van der Waals surface area contributed by atoms with Crippen LogP contribution in [0.2, 0.25) is 0 Å². The fourth-order valence-corrected chi connectivity index (χ4v) is 2.69. The van der Waals surface area contributed by atoms with Gasteiger partial charge in [0, 0.05) is 19.3 Å². The smallest absolute Gasteiger partial charge is 0.228 e. The molecule has 1 aliphatic heterocycles. The van der Waals surface area contributed by atoms with Crippen molar-refractivity contribution in [3.8, 4) is 0 Å². The molecule has 4 heteroatoms. The summed E-state index contributed by atoms with van der Waals surface area (Å²) in [7, 11) is 0. The highest BCUT2D eigenvalue weighted by molar-refractivity contribution is 5.78. The van der Waals surface area contributed by atoms with Gasteiger partial charge < -0.3 is 10.2 Å². The predicted molar refractivity (Wildman–Crippen MR) is 80.5 cm³/mol. The van der Waals surface area contributed by atoms with E-state index in [1.165, 1.54) is 0 Å². The number of carbonyl (C=O) groups is 1. The summed E-state index contributed by atoms with van der Waals surface area (Å²) in [4.78, 5) is 18.6. The number of rotatable bonds is 5. The van der Waals surface area contributed by atoms with Crippen LogP contribution in [0.3, 0.4) is 0 Å². The Balaban J connectivity index is 1.82. The molecule has 1 aliphatic rings. The molecule has 0 atom stereocenters. The Bertz CT molecular complexity index is 439. The number of pyridine rings is 1. The molecule has 110 valence electrons. The van der Waals surface area contributed by atoms with Gasteiger partial charge in [0.2, 0.25) is 5.91 Å². The highest BCUT2D eigenvalue weighted by Crippen LogP contribution is 2.17. The molecule has 1 amide bonds. The molecule has 20 heavy (non-hydrogen) atoms. The summed E-state index contributed by atoms with van der Waals surface area (Å²) < 4.78 is 0. The lowest BCUT2D eigenvalue weighted by Gasteiger charge is -2.32. The number of aromatic nitrogens is 1. The first-order valence-corrected chi connectivity index (χ1v) is 7.59. The van der Waals surface area contributed by atoms with Crippen LogP contribution in [0.15, 0.2) is 18.3 Å². The minimum Gasteiger partial charge on any atom is -0.342 e. The summed E-state index contributed by atoms with van der Waals surface area (Å²) in [5.41, 5.74) is 2.01. The maximum absolute atomic E-state index is 12.3. The van der Waals surface area contributed by atoms with Crippen LogP contribution >= 0.6 is 0 Å². The number of aryl methyl sites for hydroxylation is 1. The molecule has 4 nitrogen and oxygen atoms in total. The molecular formula is C16H25N3O. The van der Waals surface area contributed by atoms with Crippen LogP contribution < -0.4 is 5.32 Å². The molecule has 1 saturated heterocycles. The maximum atomic E-state index is 12.3. The van der Waals surface area contributed by atoms with Crippen molar-refractivity contribution in [2.24, 2.45) is 5.92 Å². The van der Waals surface area contributed by atoms with Crippen molar-refractivity contribution in [1.29, 1.82) is 0 Å². The molecule has 1 fully saturated rings. The molecule has 1 aromatic heterocycles. The Morgan fingerprint density at radius 3 is 2.85 bits per heavy atom. The predicted octanol–water partition coefficient (Wildman–Crippen LogP) is 1.78.